The van der Waals surface area contributed by atoms with Gasteiger partial charge in [-0.15, -0.1) is 16.7 Å². The van der Waals surface area contributed by atoms with Gasteiger partial charge in [-0.1, -0.05) is 25.9 Å². The lowest BCUT2D eigenvalue weighted by Gasteiger charge is -2.10. The van der Waals surface area contributed by atoms with Crippen LogP contribution in [-0.4, -0.2) is 21.5 Å². The Labute approximate surface area is 93.2 Å². The van der Waals surface area contributed by atoms with Crippen LogP contribution in [0, 0.1) is 0 Å². The van der Waals surface area contributed by atoms with Crippen LogP contribution in [0.3, 0.4) is 0 Å². The second kappa shape index (κ2) is 4.18. The second-order valence-corrected chi connectivity index (χ2v) is 4.92. The zero-order valence-electron chi connectivity index (χ0n) is 9.17. The van der Waals surface area contributed by atoms with Crippen molar-refractivity contribution in [1.82, 2.24) is 10.2 Å². The molecule has 1 amide bonds. The van der Waals surface area contributed by atoms with Crippen molar-refractivity contribution < 1.29 is 9.21 Å². The maximum Gasteiger partial charge on any atom is 0.322 e. The van der Waals surface area contributed by atoms with E-state index < -0.39 is 5.38 Å². The number of anilines is 1. The van der Waals surface area contributed by atoms with E-state index in [9.17, 15) is 4.79 Å². The van der Waals surface area contributed by atoms with E-state index in [1.807, 2.05) is 20.8 Å². The molecule has 1 rings (SSSR count). The summed E-state index contributed by atoms with van der Waals surface area (Å²) in [6.45, 7) is 7.39. The minimum atomic E-state index is -0.630. The van der Waals surface area contributed by atoms with E-state index in [1.165, 1.54) is 0 Å². The molecule has 0 radical (unpaired) electrons. The molecule has 0 saturated heterocycles. The van der Waals surface area contributed by atoms with Crippen LogP contribution < -0.4 is 5.32 Å². The minimum absolute atomic E-state index is 0.0809. The molecule has 0 aliphatic rings. The summed E-state index contributed by atoms with van der Waals surface area (Å²) in [4.78, 5) is 11.2. The molecular formula is C9H14ClN3O2. The molecule has 0 aliphatic heterocycles. The summed E-state index contributed by atoms with van der Waals surface area (Å²) in [6.07, 6.45) is 0. The first-order valence-electron chi connectivity index (χ1n) is 4.59. The minimum Gasteiger partial charge on any atom is -0.407 e. The van der Waals surface area contributed by atoms with Crippen molar-refractivity contribution in [1.29, 1.82) is 0 Å². The molecule has 84 valence electrons. The highest BCUT2D eigenvalue weighted by Gasteiger charge is 2.22. The fraction of sp³-hybridized carbons (Fsp3) is 0.667. The first-order valence-corrected chi connectivity index (χ1v) is 5.03. The fourth-order valence-corrected chi connectivity index (χ4v) is 0.836. The third kappa shape index (κ3) is 3.20. The van der Waals surface area contributed by atoms with Crippen LogP contribution in [0.5, 0.6) is 0 Å². The molecule has 0 aliphatic carbocycles. The quantitative estimate of drug-likeness (QED) is 0.790. The van der Waals surface area contributed by atoms with Gasteiger partial charge in [-0.25, -0.2) is 0 Å². The summed E-state index contributed by atoms with van der Waals surface area (Å²) < 4.78 is 5.26. The first-order chi connectivity index (χ1) is 6.80. The number of halogens is 1. The van der Waals surface area contributed by atoms with E-state index in [-0.39, 0.29) is 17.3 Å². The molecular weight excluding hydrogens is 218 g/mol. The Bertz CT molecular complexity index is 354. The average molecular weight is 232 g/mol. The Morgan fingerprint density at radius 1 is 1.47 bits per heavy atom. The van der Waals surface area contributed by atoms with Crippen molar-refractivity contribution in [3.8, 4) is 0 Å². The molecule has 1 atom stereocenters. The van der Waals surface area contributed by atoms with Gasteiger partial charge in [0.1, 0.15) is 5.38 Å². The van der Waals surface area contributed by atoms with Crippen LogP contribution in [0.25, 0.3) is 0 Å². The Balaban J connectivity index is 2.73. The molecule has 0 fully saturated rings. The fourth-order valence-electron chi connectivity index (χ4n) is 0.782. The maximum absolute atomic E-state index is 11.2. The average Bonchev–Trinajstić information content (AvgIpc) is 2.51. The normalized spacial score (nSPS) is 13.7. The number of nitrogens with one attached hydrogen (secondary N) is 1. The molecule has 0 bridgehead atoms. The number of nitrogens with zero attached hydrogens (tertiary/aromatic N) is 2. The van der Waals surface area contributed by atoms with E-state index in [1.54, 1.807) is 6.92 Å². The van der Waals surface area contributed by atoms with Crippen LogP contribution in [0.15, 0.2) is 4.42 Å². The molecule has 0 aromatic carbocycles. The number of carbonyl (C=O) groups excluding carboxylic acids is 1. The van der Waals surface area contributed by atoms with Gasteiger partial charge in [-0.3, -0.25) is 10.1 Å². The summed E-state index contributed by atoms with van der Waals surface area (Å²) in [6, 6.07) is 0.0809. The monoisotopic (exact) mass is 231 g/mol. The van der Waals surface area contributed by atoms with Gasteiger partial charge >= 0.3 is 6.01 Å². The molecule has 1 aromatic heterocycles. The van der Waals surface area contributed by atoms with Crippen molar-refractivity contribution in [2.75, 3.05) is 5.32 Å². The Morgan fingerprint density at radius 2 is 2.07 bits per heavy atom. The highest BCUT2D eigenvalue weighted by molar-refractivity contribution is 6.32. The van der Waals surface area contributed by atoms with E-state index >= 15 is 0 Å². The highest BCUT2D eigenvalue weighted by Crippen LogP contribution is 2.21. The van der Waals surface area contributed by atoms with Crippen LogP contribution >= 0.6 is 11.6 Å². The molecule has 0 spiro atoms. The zero-order chi connectivity index (χ0) is 11.6. The van der Waals surface area contributed by atoms with Gasteiger partial charge < -0.3 is 4.42 Å². The summed E-state index contributed by atoms with van der Waals surface area (Å²) in [5.41, 5.74) is -0.234. The number of hydrogen-bond donors (Lipinski definition) is 1. The van der Waals surface area contributed by atoms with Crippen LogP contribution in [0.1, 0.15) is 33.6 Å². The summed E-state index contributed by atoms with van der Waals surface area (Å²) >= 11 is 5.57. The Morgan fingerprint density at radius 3 is 2.47 bits per heavy atom. The largest absolute Gasteiger partial charge is 0.407 e. The number of carbonyl (C=O) groups is 1. The smallest absolute Gasteiger partial charge is 0.322 e. The predicted octanol–water partition coefficient (Wildman–Crippen LogP) is 1.93. The summed E-state index contributed by atoms with van der Waals surface area (Å²) in [5.74, 6) is 0.112. The molecule has 1 N–H and O–H groups in total. The third-order valence-corrected chi connectivity index (χ3v) is 1.86. The van der Waals surface area contributed by atoms with Gasteiger partial charge in [-0.2, -0.15) is 0 Å². The molecule has 5 nitrogen and oxygen atoms in total. The molecule has 1 aromatic rings. The van der Waals surface area contributed by atoms with Gasteiger partial charge in [0.25, 0.3) is 0 Å². The van der Waals surface area contributed by atoms with Crippen molar-refractivity contribution in [2.24, 2.45) is 0 Å². The molecule has 0 saturated carbocycles. The third-order valence-electron chi connectivity index (χ3n) is 1.66. The number of aromatic nitrogens is 2. The maximum atomic E-state index is 11.2. The molecule has 1 unspecified atom stereocenters. The lowest BCUT2D eigenvalue weighted by Crippen LogP contribution is -2.20. The highest BCUT2D eigenvalue weighted by atomic mass is 35.5. The number of hydrogen-bond acceptors (Lipinski definition) is 4. The van der Waals surface area contributed by atoms with Crippen LogP contribution in [-0.2, 0) is 10.2 Å². The van der Waals surface area contributed by atoms with E-state index in [2.05, 4.69) is 15.5 Å². The zero-order valence-corrected chi connectivity index (χ0v) is 9.92. The molecule has 6 heteroatoms. The number of rotatable bonds is 2. The topological polar surface area (TPSA) is 68.0 Å². The van der Waals surface area contributed by atoms with Gasteiger partial charge in [0, 0.05) is 5.41 Å². The number of amides is 1. The van der Waals surface area contributed by atoms with Crippen molar-refractivity contribution >= 4 is 23.5 Å². The van der Waals surface area contributed by atoms with Crippen molar-refractivity contribution in [3.05, 3.63) is 5.89 Å². The van der Waals surface area contributed by atoms with E-state index in [0.717, 1.165) is 0 Å². The van der Waals surface area contributed by atoms with E-state index in [4.69, 9.17) is 16.0 Å². The van der Waals surface area contributed by atoms with Gasteiger partial charge in [0.2, 0.25) is 11.8 Å². The van der Waals surface area contributed by atoms with Crippen molar-refractivity contribution in [2.45, 2.75) is 38.5 Å². The van der Waals surface area contributed by atoms with Crippen molar-refractivity contribution in [3.63, 3.8) is 0 Å². The number of alkyl halides is 1. The lowest BCUT2D eigenvalue weighted by atomic mass is 9.97. The van der Waals surface area contributed by atoms with Gasteiger partial charge in [-0.05, 0) is 6.92 Å². The Hall–Kier alpha value is -1.10. The Kier molecular flexibility index (Phi) is 3.34. The molecule has 1 heterocycles. The van der Waals surface area contributed by atoms with Crippen LogP contribution in [0.4, 0.5) is 6.01 Å². The SMILES string of the molecule is CC(Cl)C(=O)Nc1nnc(C(C)(C)C)o1. The molecule has 15 heavy (non-hydrogen) atoms. The predicted molar refractivity (Wildman–Crippen MR) is 56.9 cm³/mol. The second-order valence-electron chi connectivity index (χ2n) is 4.27. The summed E-state index contributed by atoms with van der Waals surface area (Å²) in [5, 5.41) is 9.32. The lowest BCUT2D eigenvalue weighted by molar-refractivity contribution is -0.115. The first kappa shape index (κ1) is 12.0. The summed E-state index contributed by atoms with van der Waals surface area (Å²) in [7, 11) is 0. The standard InChI is InChI=1S/C9H14ClN3O2/c1-5(10)6(14)11-8-13-12-7(15-8)9(2,3)4/h5H,1-4H3,(H,11,13,14). The van der Waals surface area contributed by atoms with Crippen LogP contribution in [0.2, 0.25) is 0 Å². The van der Waals surface area contributed by atoms with E-state index in [0.29, 0.717) is 5.89 Å². The van der Waals surface area contributed by atoms with Gasteiger partial charge in [0.05, 0.1) is 0 Å². The van der Waals surface area contributed by atoms with Gasteiger partial charge in [0.15, 0.2) is 0 Å².